The molecule has 0 amide bonds. The minimum atomic E-state index is -2.46. The zero-order valence-electron chi connectivity index (χ0n) is 8.39. The van der Waals surface area contributed by atoms with Crippen LogP contribution in [-0.4, -0.2) is 19.5 Å². The molecule has 0 saturated heterocycles. The molecule has 0 heterocycles. The van der Waals surface area contributed by atoms with Crippen molar-refractivity contribution in [3.63, 3.8) is 0 Å². The van der Waals surface area contributed by atoms with Crippen LogP contribution in [0.15, 0.2) is 22.7 Å². The fraction of sp³-hybridized carbons (Fsp3) is 0.400. The number of benzene rings is 1. The highest BCUT2D eigenvalue weighted by molar-refractivity contribution is 9.10. The van der Waals surface area contributed by atoms with E-state index in [2.05, 4.69) is 21.2 Å². The number of nitrogens with one attached hydrogen (secondary N) is 1. The molecule has 1 atom stereocenters. The Kier molecular flexibility index (Phi) is 5.24. The van der Waals surface area contributed by atoms with Crippen LogP contribution in [-0.2, 0) is 0 Å². The lowest BCUT2D eigenvalue weighted by atomic mass is 10.1. The van der Waals surface area contributed by atoms with Gasteiger partial charge in [-0.1, -0.05) is 15.9 Å². The number of nitrogens with two attached hydrogens (primary N) is 1. The molecule has 0 radical (unpaired) electrons. The van der Waals surface area contributed by atoms with Gasteiger partial charge in [0.05, 0.1) is 6.54 Å². The van der Waals surface area contributed by atoms with Crippen LogP contribution >= 0.6 is 15.9 Å². The molecule has 0 saturated carbocycles. The van der Waals surface area contributed by atoms with E-state index in [-0.39, 0.29) is 6.54 Å². The van der Waals surface area contributed by atoms with Crippen molar-refractivity contribution >= 4 is 15.9 Å². The lowest BCUT2D eigenvalue weighted by Gasteiger charge is -2.18. The summed E-state index contributed by atoms with van der Waals surface area (Å²) in [6, 6.07) is 3.60. The average Bonchev–Trinajstić information content (AvgIpc) is 2.23. The molecule has 0 aliphatic carbocycles. The average molecular weight is 297 g/mol. The lowest BCUT2D eigenvalue weighted by Crippen LogP contribution is -2.32. The standard InChI is InChI=1S/C10H12BrF3N2/c11-8-2-1-6(12)3-7(8)9(4-15)16-5-10(13)14/h1-3,9-10,16H,4-5,15H2. The fourth-order valence-electron chi connectivity index (χ4n) is 1.33. The van der Waals surface area contributed by atoms with Gasteiger partial charge in [0.1, 0.15) is 5.82 Å². The quantitative estimate of drug-likeness (QED) is 0.876. The van der Waals surface area contributed by atoms with Gasteiger partial charge in [0.2, 0.25) is 0 Å². The molecule has 2 nitrogen and oxygen atoms in total. The Morgan fingerprint density at radius 1 is 1.38 bits per heavy atom. The first-order chi connectivity index (χ1) is 7.54. The van der Waals surface area contributed by atoms with Crippen LogP contribution < -0.4 is 11.1 Å². The van der Waals surface area contributed by atoms with Gasteiger partial charge in [-0.05, 0) is 23.8 Å². The van der Waals surface area contributed by atoms with Gasteiger partial charge in [-0.25, -0.2) is 13.2 Å². The van der Waals surface area contributed by atoms with Gasteiger partial charge in [0.15, 0.2) is 0 Å². The van der Waals surface area contributed by atoms with Crippen LogP contribution in [0.3, 0.4) is 0 Å². The van der Waals surface area contributed by atoms with Gasteiger partial charge in [-0.3, -0.25) is 0 Å². The Hall–Kier alpha value is -0.590. The summed E-state index contributed by atoms with van der Waals surface area (Å²) in [6.45, 7) is -0.348. The van der Waals surface area contributed by atoms with Gasteiger partial charge in [-0.2, -0.15) is 0 Å². The molecule has 1 unspecified atom stereocenters. The van der Waals surface area contributed by atoms with Crippen LogP contribution in [0.25, 0.3) is 0 Å². The van der Waals surface area contributed by atoms with Gasteiger partial charge in [0, 0.05) is 17.1 Å². The summed E-state index contributed by atoms with van der Waals surface area (Å²) in [5.74, 6) is -0.421. The Morgan fingerprint density at radius 3 is 2.62 bits per heavy atom. The summed E-state index contributed by atoms with van der Waals surface area (Å²) in [5, 5.41) is 2.58. The summed E-state index contributed by atoms with van der Waals surface area (Å²) in [4.78, 5) is 0. The number of halogens is 4. The lowest BCUT2D eigenvalue weighted by molar-refractivity contribution is 0.141. The van der Waals surface area contributed by atoms with Crippen LogP contribution in [0.2, 0.25) is 0 Å². The van der Waals surface area contributed by atoms with E-state index in [1.165, 1.54) is 18.2 Å². The van der Waals surface area contributed by atoms with E-state index in [1.807, 2.05) is 0 Å². The molecule has 6 heteroatoms. The van der Waals surface area contributed by atoms with Gasteiger partial charge < -0.3 is 11.1 Å². The maximum absolute atomic E-state index is 13.0. The predicted octanol–water partition coefficient (Wildman–Crippen LogP) is 2.44. The van der Waals surface area contributed by atoms with Crippen molar-refractivity contribution in [1.82, 2.24) is 5.32 Å². The molecular weight excluding hydrogens is 285 g/mol. The zero-order valence-corrected chi connectivity index (χ0v) is 9.98. The summed E-state index contributed by atoms with van der Waals surface area (Å²) in [6.07, 6.45) is -2.46. The highest BCUT2D eigenvalue weighted by atomic mass is 79.9. The Morgan fingerprint density at radius 2 is 2.06 bits per heavy atom. The van der Waals surface area contributed by atoms with Crippen LogP contribution in [0.4, 0.5) is 13.2 Å². The molecule has 0 aromatic heterocycles. The molecule has 16 heavy (non-hydrogen) atoms. The maximum atomic E-state index is 13.0. The van der Waals surface area contributed by atoms with E-state index < -0.39 is 24.8 Å². The summed E-state index contributed by atoms with van der Waals surface area (Å²) in [5.41, 5.74) is 6.00. The molecule has 1 aromatic carbocycles. The molecule has 0 spiro atoms. The highest BCUT2D eigenvalue weighted by Gasteiger charge is 2.15. The summed E-state index contributed by atoms with van der Waals surface area (Å²) >= 11 is 3.23. The molecule has 0 aliphatic heterocycles. The Balaban J connectivity index is 2.81. The monoisotopic (exact) mass is 296 g/mol. The smallest absolute Gasteiger partial charge is 0.250 e. The van der Waals surface area contributed by atoms with E-state index in [4.69, 9.17) is 5.73 Å². The van der Waals surface area contributed by atoms with E-state index in [9.17, 15) is 13.2 Å². The minimum Gasteiger partial charge on any atom is -0.329 e. The van der Waals surface area contributed by atoms with Crippen molar-refractivity contribution in [1.29, 1.82) is 0 Å². The van der Waals surface area contributed by atoms with Crippen LogP contribution in [0.1, 0.15) is 11.6 Å². The van der Waals surface area contributed by atoms with Crippen molar-refractivity contribution in [2.24, 2.45) is 5.73 Å². The molecule has 1 aromatic rings. The van der Waals surface area contributed by atoms with Crippen molar-refractivity contribution in [3.8, 4) is 0 Å². The van der Waals surface area contributed by atoms with Gasteiger partial charge in [-0.15, -0.1) is 0 Å². The van der Waals surface area contributed by atoms with Gasteiger partial charge >= 0.3 is 0 Å². The molecule has 1 rings (SSSR count). The molecule has 0 aliphatic rings. The molecular formula is C10H12BrF3N2. The second-order valence-corrected chi connectivity index (χ2v) is 4.11. The fourth-order valence-corrected chi connectivity index (χ4v) is 1.86. The molecule has 0 fully saturated rings. The summed E-state index contributed by atoms with van der Waals surface area (Å²) < 4.78 is 37.7. The van der Waals surface area contributed by atoms with E-state index in [1.54, 1.807) is 0 Å². The first-order valence-electron chi connectivity index (χ1n) is 4.71. The summed E-state index contributed by atoms with van der Waals surface area (Å²) in [7, 11) is 0. The van der Waals surface area contributed by atoms with E-state index >= 15 is 0 Å². The Bertz CT molecular complexity index is 347. The highest BCUT2D eigenvalue weighted by Crippen LogP contribution is 2.24. The van der Waals surface area contributed by atoms with Crippen LogP contribution in [0.5, 0.6) is 0 Å². The second kappa shape index (κ2) is 6.22. The van der Waals surface area contributed by atoms with Crippen molar-refractivity contribution in [2.75, 3.05) is 13.1 Å². The molecule has 3 N–H and O–H groups in total. The number of hydrogen-bond acceptors (Lipinski definition) is 2. The normalized spacial score (nSPS) is 13.1. The zero-order chi connectivity index (χ0) is 12.1. The third-order valence-corrected chi connectivity index (χ3v) is 2.81. The minimum absolute atomic E-state index is 0.120. The second-order valence-electron chi connectivity index (χ2n) is 3.25. The van der Waals surface area contributed by atoms with Crippen LogP contribution in [0, 0.1) is 5.82 Å². The van der Waals surface area contributed by atoms with Gasteiger partial charge in [0.25, 0.3) is 6.43 Å². The maximum Gasteiger partial charge on any atom is 0.250 e. The first kappa shape index (κ1) is 13.5. The Labute approximate surface area is 100 Å². The van der Waals surface area contributed by atoms with E-state index in [0.717, 1.165) is 0 Å². The topological polar surface area (TPSA) is 38.0 Å². The number of alkyl halides is 2. The number of rotatable bonds is 5. The van der Waals surface area contributed by atoms with Crippen molar-refractivity contribution in [3.05, 3.63) is 34.1 Å². The third kappa shape index (κ3) is 3.77. The van der Waals surface area contributed by atoms with E-state index in [0.29, 0.717) is 10.0 Å². The van der Waals surface area contributed by atoms with Crippen molar-refractivity contribution in [2.45, 2.75) is 12.5 Å². The first-order valence-corrected chi connectivity index (χ1v) is 5.50. The number of hydrogen-bond donors (Lipinski definition) is 2. The SMILES string of the molecule is NCC(NCC(F)F)c1cc(F)ccc1Br. The predicted molar refractivity (Wildman–Crippen MR) is 59.9 cm³/mol. The third-order valence-electron chi connectivity index (χ3n) is 2.09. The molecule has 90 valence electrons. The van der Waals surface area contributed by atoms with Crippen molar-refractivity contribution < 1.29 is 13.2 Å². The largest absolute Gasteiger partial charge is 0.329 e. The molecule has 0 bridgehead atoms.